The van der Waals surface area contributed by atoms with Crippen LogP contribution in [0, 0.1) is 18.7 Å². The van der Waals surface area contributed by atoms with Crippen LogP contribution in [0.4, 0.5) is 4.39 Å². The summed E-state index contributed by atoms with van der Waals surface area (Å²) in [7, 11) is 0. The van der Waals surface area contributed by atoms with E-state index in [1.807, 2.05) is 19.1 Å². The highest BCUT2D eigenvalue weighted by molar-refractivity contribution is 5.77. The highest BCUT2D eigenvalue weighted by atomic mass is 19.1. The molecule has 3 rings (SSSR count). The van der Waals surface area contributed by atoms with Crippen LogP contribution in [0.15, 0.2) is 34.9 Å². The van der Waals surface area contributed by atoms with Crippen molar-refractivity contribution in [3.8, 4) is 0 Å². The van der Waals surface area contributed by atoms with Crippen molar-refractivity contribution in [2.45, 2.75) is 26.3 Å². The highest BCUT2D eigenvalue weighted by Crippen LogP contribution is 2.19. The van der Waals surface area contributed by atoms with Crippen molar-refractivity contribution in [3.05, 3.63) is 53.2 Å². The van der Waals surface area contributed by atoms with E-state index < -0.39 is 0 Å². The predicted molar refractivity (Wildman–Crippen MR) is 87.7 cm³/mol. The third-order valence-corrected chi connectivity index (χ3v) is 4.32. The molecule has 0 spiro atoms. The Balaban J connectivity index is 1.41. The highest BCUT2D eigenvalue weighted by Gasteiger charge is 2.23. The first kappa shape index (κ1) is 16.6. The minimum atomic E-state index is -0.156. The van der Waals surface area contributed by atoms with Crippen molar-refractivity contribution in [1.82, 2.24) is 15.4 Å². The van der Waals surface area contributed by atoms with Crippen molar-refractivity contribution in [1.29, 1.82) is 0 Å². The molecule has 0 saturated carbocycles. The Morgan fingerprint density at radius 2 is 2.29 bits per heavy atom. The Labute approximate surface area is 140 Å². The molecule has 1 amide bonds. The fourth-order valence-corrected chi connectivity index (χ4v) is 3.07. The van der Waals surface area contributed by atoms with Gasteiger partial charge in [0.2, 0.25) is 5.91 Å². The van der Waals surface area contributed by atoms with Gasteiger partial charge in [-0.15, -0.1) is 0 Å². The van der Waals surface area contributed by atoms with Gasteiger partial charge >= 0.3 is 0 Å². The Hall–Kier alpha value is -2.21. The molecule has 5 nitrogen and oxygen atoms in total. The van der Waals surface area contributed by atoms with Crippen LogP contribution in [0.2, 0.25) is 0 Å². The van der Waals surface area contributed by atoms with Crippen molar-refractivity contribution >= 4 is 5.91 Å². The fraction of sp³-hybridized carbons (Fsp3) is 0.444. The summed E-state index contributed by atoms with van der Waals surface area (Å²) >= 11 is 0. The maximum atomic E-state index is 13.7. The second-order valence-corrected chi connectivity index (χ2v) is 6.40. The summed E-state index contributed by atoms with van der Waals surface area (Å²) in [5, 5.41) is 6.72. The molecule has 1 N–H and O–H groups in total. The average molecular weight is 331 g/mol. The quantitative estimate of drug-likeness (QED) is 0.882. The smallest absolute Gasteiger partial charge is 0.227 e. The number of likely N-dealkylation sites (tertiary alicyclic amines) is 1. The van der Waals surface area contributed by atoms with E-state index in [4.69, 9.17) is 4.52 Å². The Kier molecular flexibility index (Phi) is 5.25. The largest absolute Gasteiger partial charge is 0.361 e. The van der Waals surface area contributed by atoms with E-state index in [2.05, 4.69) is 15.4 Å². The molecule has 1 aromatic heterocycles. The number of hydrogen-bond donors (Lipinski definition) is 1. The second kappa shape index (κ2) is 7.57. The third-order valence-electron chi connectivity index (χ3n) is 4.32. The molecule has 2 aromatic rings. The van der Waals surface area contributed by atoms with Crippen LogP contribution in [0.5, 0.6) is 0 Å². The zero-order valence-corrected chi connectivity index (χ0v) is 13.8. The van der Waals surface area contributed by atoms with Gasteiger partial charge in [-0.1, -0.05) is 23.4 Å². The number of hydrogen-bond acceptors (Lipinski definition) is 4. The van der Waals surface area contributed by atoms with Crippen LogP contribution in [0.1, 0.15) is 23.4 Å². The first-order chi connectivity index (χ1) is 11.6. The minimum absolute atomic E-state index is 0.0568. The van der Waals surface area contributed by atoms with Crippen molar-refractivity contribution in [3.63, 3.8) is 0 Å². The normalized spacial score (nSPS) is 18.0. The monoisotopic (exact) mass is 331 g/mol. The molecule has 0 unspecified atom stereocenters. The lowest BCUT2D eigenvalue weighted by Gasteiger charge is -2.16. The van der Waals surface area contributed by atoms with Crippen LogP contribution >= 0.6 is 0 Å². The van der Waals surface area contributed by atoms with Crippen molar-refractivity contribution in [2.24, 2.45) is 5.92 Å². The molecule has 0 radical (unpaired) electrons. The first-order valence-electron chi connectivity index (χ1n) is 8.25. The summed E-state index contributed by atoms with van der Waals surface area (Å²) in [6.45, 7) is 4.88. The Morgan fingerprint density at radius 3 is 3.04 bits per heavy atom. The van der Waals surface area contributed by atoms with Gasteiger partial charge < -0.3 is 9.84 Å². The van der Waals surface area contributed by atoms with Crippen LogP contribution < -0.4 is 5.32 Å². The minimum Gasteiger partial charge on any atom is -0.361 e. The van der Waals surface area contributed by atoms with E-state index >= 15 is 0 Å². The van der Waals surface area contributed by atoms with Gasteiger partial charge in [-0.05, 0) is 31.9 Å². The molecule has 0 bridgehead atoms. The number of carbonyl (C=O) groups is 1. The van der Waals surface area contributed by atoms with Crippen LogP contribution in [0.3, 0.4) is 0 Å². The molecule has 1 aromatic carbocycles. The summed E-state index contributed by atoms with van der Waals surface area (Å²) in [5.74, 6) is 0.769. The molecule has 1 aliphatic rings. The van der Waals surface area contributed by atoms with Gasteiger partial charge in [-0.25, -0.2) is 4.39 Å². The first-order valence-corrected chi connectivity index (χ1v) is 8.25. The number of amides is 1. The van der Waals surface area contributed by atoms with Crippen LogP contribution in [0.25, 0.3) is 0 Å². The molecular formula is C18H22FN3O2. The summed E-state index contributed by atoms with van der Waals surface area (Å²) in [5.41, 5.74) is 1.50. The summed E-state index contributed by atoms with van der Waals surface area (Å²) < 4.78 is 18.8. The van der Waals surface area contributed by atoms with Gasteiger partial charge in [0.05, 0.1) is 12.1 Å². The van der Waals surface area contributed by atoms with Crippen molar-refractivity contribution in [2.75, 3.05) is 19.6 Å². The number of carbonyl (C=O) groups excluding carboxylic acids is 1. The molecule has 24 heavy (non-hydrogen) atoms. The van der Waals surface area contributed by atoms with Crippen molar-refractivity contribution < 1.29 is 13.7 Å². The third kappa shape index (κ3) is 4.41. The lowest BCUT2D eigenvalue weighted by atomic mass is 10.1. The SMILES string of the molecule is Cc1cc(CC(=O)NC[C@@H]2CCN(Cc3ccccc3F)C2)on1. The zero-order chi connectivity index (χ0) is 16.9. The number of rotatable bonds is 6. The zero-order valence-electron chi connectivity index (χ0n) is 13.8. The van der Waals surface area contributed by atoms with Gasteiger partial charge in [0.25, 0.3) is 0 Å². The maximum Gasteiger partial charge on any atom is 0.227 e. The van der Waals surface area contributed by atoms with E-state index in [1.165, 1.54) is 6.07 Å². The number of aryl methyl sites for hydroxylation is 1. The molecule has 2 heterocycles. The Morgan fingerprint density at radius 1 is 1.46 bits per heavy atom. The summed E-state index contributed by atoms with van der Waals surface area (Å²) in [4.78, 5) is 14.2. The van der Waals surface area contributed by atoms with E-state index in [0.717, 1.165) is 30.8 Å². The van der Waals surface area contributed by atoms with Gasteiger partial charge in [0, 0.05) is 31.3 Å². The van der Waals surface area contributed by atoms with Gasteiger partial charge in [0.15, 0.2) is 0 Å². The topological polar surface area (TPSA) is 58.4 Å². The van der Waals surface area contributed by atoms with Crippen LogP contribution in [-0.4, -0.2) is 35.6 Å². The molecule has 1 saturated heterocycles. The molecule has 1 fully saturated rings. The molecule has 1 atom stereocenters. The Bertz CT molecular complexity index is 701. The standard InChI is InChI=1S/C18H22FN3O2/c1-13-8-16(24-21-13)9-18(23)20-10-14-6-7-22(11-14)12-15-4-2-3-5-17(15)19/h2-5,8,14H,6-7,9-12H2,1H3,(H,20,23)/t14-/m0/s1. The molecule has 1 aliphatic heterocycles. The van der Waals surface area contributed by atoms with Gasteiger partial charge in [0.1, 0.15) is 11.6 Å². The molecule has 6 heteroatoms. The van der Waals surface area contributed by atoms with E-state index in [9.17, 15) is 9.18 Å². The average Bonchev–Trinajstić information content (AvgIpc) is 3.17. The fourth-order valence-electron chi connectivity index (χ4n) is 3.07. The van der Waals surface area contributed by atoms with E-state index in [0.29, 0.717) is 24.8 Å². The molecular weight excluding hydrogens is 309 g/mol. The molecule has 128 valence electrons. The lowest BCUT2D eigenvalue weighted by molar-refractivity contribution is -0.120. The number of aromatic nitrogens is 1. The summed E-state index contributed by atoms with van der Waals surface area (Å²) in [6.07, 6.45) is 1.22. The number of nitrogens with zero attached hydrogens (tertiary/aromatic N) is 2. The van der Waals surface area contributed by atoms with E-state index in [-0.39, 0.29) is 18.1 Å². The maximum absolute atomic E-state index is 13.7. The number of benzene rings is 1. The number of halogens is 1. The summed E-state index contributed by atoms with van der Waals surface area (Å²) in [6, 6.07) is 8.65. The lowest BCUT2D eigenvalue weighted by Crippen LogP contribution is -2.31. The van der Waals surface area contributed by atoms with Crippen LogP contribution in [-0.2, 0) is 17.8 Å². The predicted octanol–water partition coefficient (Wildman–Crippen LogP) is 2.30. The molecule has 0 aliphatic carbocycles. The van der Waals surface area contributed by atoms with Gasteiger partial charge in [-0.2, -0.15) is 0 Å². The number of nitrogens with one attached hydrogen (secondary N) is 1. The second-order valence-electron chi connectivity index (χ2n) is 6.40. The van der Waals surface area contributed by atoms with Gasteiger partial charge in [-0.3, -0.25) is 9.69 Å². The van der Waals surface area contributed by atoms with E-state index in [1.54, 1.807) is 12.1 Å².